The van der Waals surface area contributed by atoms with Gasteiger partial charge in [0.25, 0.3) is 5.69 Å². The minimum Gasteiger partial charge on any atom is -0.459 e. The molecule has 0 radical (unpaired) electrons. The lowest BCUT2D eigenvalue weighted by Gasteiger charge is -2.05. The smallest absolute Gasteiger partial charge is 0.290 e. The average molecular weight is 297 g/mol. The van der Waals surface area contributed by atoms with Gasteiger partial charge in [0.2, 0.25) is 0 Å². The number of aryl methyl sites for hydroxylation is 2. The summed E-state index contributed by atoms with van der Waals surface area (Å²) in [7, 11) is 0. The Morgan fingerprint density at radius 3 is 2.77 bits per heavy atom. The van der Waals surface area contributed by atoms with Crippen LogP contribution in [-0.4, -0.2) is 9.91 Å². The standard InChI is InChI=1S/C16H15N3O3/c1-10-7-16(17-8-13(10)19(20)21)18-9-15-11(2)12-5-3-4-6-14(12)22-15/h3-8H,9H2,1-2H3,(H,17,18). The van der Waals surface area contributed by atoms with E-state index in [2.05, 4.69) is 10.3 Å². The highest BCUT2D eigenvalue weighted by Gasteiger charge is 2.13. The van der Waals surface area contributed by atoms with Gasteiger partial charge in [-0.1, -0.05) is 18.2 Å². The third kappa shape index (κ3) is 2.50. The van der Waals surface area contributed by atoms with E-state index < -0.39 is 4.92 Å². The highest BCUT2D eigenvalue weighted by Crippen LogP contribution is 2.26. The van der Waals surface area contributed by atoms with Crippen molar-refractivity contribution in [3.8, 4) is 0 Å². The molecule has 0 amide bonds. The van der Waals surface area contributed by atoms with Gasteiger partial charge < -0.3 is 9.73 Å². The predicted molar refractivity (Wildman–Crippen MR) is 83.9 cm³/mol. The van der Waals surface area contributed by atoms with Crippen LogP contribution in [0.4, 0.5) is 11.5 Å². The van der Waals surface area contributed by atoms with Crippen LogP contribution < -0.4 is 5.32 Å². The van der Waals surface area contributed by atoms with Crippen molar-refractivity contribution >= 4 is 22.5 Å². The first-order valence-electron chi connectivity index (χ1n) is 6.88. The summed E-state index contributed by atoms with van der Waals surface area (Å²) in [4.78, 5) is 14.4. The minimum absolute atomic E-state index is 0.0190. The second-order valence-corrected chi connectivity index (χ2v) is 5.11. The number of pyridine rings is 1. The number of nitrogens with zero attached hydrogens (tertiary/aromatic N) is 2. The molecule has 1 aromatic carbocycles. The van der Waals surface area contributed by atoms with Gasteiger partial charge in [-0.05, 0) is 26.0 Å². The molecule has 0 atom stereocenters. The topological polar surface area (TPSA) is 81.2 Å². The zero-order valence-corrected chi connectivity index (χ0v) is 12.3. The third-order valence-corrected chi connectivity index (χ3v) is 3.65. The number of aromatic nitrogens is 1. The molecule has 6 heteroatoms. The van der Waals surface area contributed by atoms with Crippen LogP contribution in [0.25, 0.3) is 11.0 Å². The number of hydrogen-bond donors (Lipinski definition) is 1. The molecule has 0 bridgehead atoms. The van der Waals surface area contributed by atoms with Crippen LogP contribution in [0.1, 0.15) is 16.9 Å². The van der Waals surface area contributed by atoms with Crippen molar-refractivity contribution in [3.63, 3.8) is 0 Å². The molecule has 0 aliphatic carbocycles. The van der Waals surface area contributed by atoms with Crippen molar-refractivity contribution in [1.82, 2.24) is 4.98 Å². The van der Waals surface area contributed by atoms with Crippen LogP contribution in [-0.2, 0) is 6.54 Å². The molecule has 2 heterocycles. The summed E-state index contributed by atoms with van der Waals surface area (Å²) < 4.78 is 5.81. The number of anilines is 1. The highest BCUT2D eigenvalue weighted by molar-refractivity contribution is 5.81. The van der Waals surface area contributed by atoms with Gasteiger partial charge >= 0.3 is 0 Å². The molecule has 112 valence electrons. The van der Waals surface area contributed by atoms with Crippen LogP contribution in [0.15, 0.2) is 40.9 Å². The van der Waals surface area contributed by atoms with Crippen LogP contribution in [0.3, 0.4) is 0 Å². The van der Waals surface area contributed by atoms with E-state index in [1.165, 1.54) is 6.20 Å². The molecule has 0 saturated carbocycles. The molecule has 3 aromatic rings. The van der Waals surface area contributed by atoms with Gasteiger partial charge in [-0.3, -0.25) is 10.1 Å². The number of furan rings is 1. The van der Waals surface area contributed by atoms with Gasteiger partial charge in [0, 0.05) is 16.5 Å². The van der Waals surface area contributed by atoms with E-state index in [1.54, 1.807) is 13.0 Å². The summed E-state index contributed by atoms with van der Waals surface area (Å²) in [6.07, 6.45) is 1.27. The zero-order valence-electron chi connectivity index (χ0n) is 12.3. The number of hydrogen-bond acceptors (Lipinski definition) is 5. The van der Waals surface area contributed by atoms with Gasteiger partial charge in [0.05, 0.1) is 11.5 Å². The molecule has 1 N–H and O–H groups in total. The summed E-state index contributed by atoms with van der Waals surface area (Å²) in [5.41, 5.74) is 2.53. The summed E-state index contributed by atoms with van der Waals surface area (Å²) in [5.74, 6) is 1.42. The van der Waals surface area contributed by atoms with Crippen LogP contribution in [0.5, 0.6) is 0 Å². The van der Waals surface area contributed by atoms with E-state index in [-0.39, 0.29) is 5.69 Å². The molecule has 0 aliphatic heterocycles. The number of nitrogens with one attached hydrogen (secondary N) is 1. The molecule has 6 nitrogen and oxygen atoms in total. The maximum Gasteiger partial charge on any atom is 0.290 e. The normalized spacial score (nSPS) is 10.8. The van der Waals surface area contributed by atoms with Gasteiger partial charge in [0.1, 0.15) is 23.4 Å². The Labute approximate surface area is 126 Å². The van der Waals surface area contributed by atoms with Crippen molar-refractivity contribution in [1.29, 1.82) is 0 Å². The Morgan fingerprint density at radius 2 is 2.09 bits per heavy atom. The summed E-state index contributed by atoms with van der Waals surface area (Å²) in [6.45, 7) is 4.18. The lowest BCUT2D eigenvalue weighted by molar-refractivity contribution is -0.385. The van der Waals surface area contributed by atoms with Gasteiger partial charge in [-0.15, -0.1) is 0 Å². The first-order valence-corrected chi connectivity index (χ1v) is 6.88. The summed E-state index contributed by atoms with van der Waals surface area (Å²) >= 11 is 0. The van der Waals surface area contributed by atoms with E-state index in [0.717, 1.165) is 22.3 Å². The van der Waals surface area contributed by atoms with Crippen molar-refractivity contribution < 1.29 is 9.34 Å². The largest absolute Gasteiger partial charge is 0.459 e. The highest BCUT2D eigenvalue weighted by atomic mass is 16.6. The molecular weight excluding hydrogens is 282 g/mol. The van der Waals surface area contributed by atoms with Gasteiger partial charge in [0.15, 0.2) is 0 Å². The monoisotopic (exact) mass is 297 g/mol. The number of rotatable bonds is 4. The van der Waals surface area contributed by atoms with E-state index in [9.17, 15) is 10.1 Å². The number of benzene rings is 1. The van der Waals surface area contributed by atoms with Crippen molar-refractivity contribution in [2.24, 2.45) is 0 Å². The number of para-hydroxylation sites is 1. The molecule has 22 heavy (non-hydrogen) atoms. The van der Waals surface area contributed by atoms with E-state index in [0.29, 0.717) is 17.9 Å². The van der Waals surface area contributed by atoms with E-state index >= 15 is 0 Å². The predicted octanol–water partition coefficient (Wildman–Crippen LogP) is 3.96. The average Bonchev–Trinajstić information content (AvgIpc) is 2.82. The Balaban J connectivity index is 1.81. The molecule has 0 aliphatic rings. The second-order valence-electron chi connectivity index (χ2n) is 5.11. The van der Waals surface area contributed by atoms with Crippen LogP contribution in [0, 0.1) is 24.0 Å². The van der Waals surface area contributed by atoms with Crippen LogP contribution >= 0.6 is 0 Å². The maximum atomic E-state index is 10.8. The summed E-state index contributed by atoms with van der Waals surface area (Å²) in [6, 6.07) is 9.52. The molecule has 2 aromatic heterocycles. The Bertz CT molecular complexity index is 855. The second kappa shape index (κ2) is 5.48. The molecule has 0 saturated heterocycles. The fraction of sp³-hybridized carbons (Fsp3) is 0.188. The minimum atomic E-state index is -0.435. The quantitative estimate of drug-likeness (QED) is 0.582. The van der Waals surface area contributed by atoms with Crippen molar-refractivity contribution in [2.75, 3.05) is 5.32 Å². The van der Waals surface area contributed by atoms with Gasteiger partial charge in [-0.25, -0.2) is 4.98 Å². The van der Waals surface area contributed by atoms with E-state index in [1.807, 2.05) is 31.2 Å². The van der Waals surface area contributed by atoms with Crippen molar-refractivity contribution in [3.05, 3.63) is 63.5 Å². The lowest BCUT2D eigenvalue weighted by Crippen LogP contribution is -2.03. The Morgan fingerprint density at radius 1 is 1.32 bits per heavy atom. The lowest BCUT2D eigenvalue weighted by atomic mass is 10.1. The zero-order chi connectivity index (χ0) is 15.7. The Hall–Kier alpha value is -2.89. The molecule has 3 rings (SSSR count). The molecule has 0 unspecified atom stereocenters. The molecular formula is C16H15N3O3. The third-order valence-electron chi connectivity index (χ3n) is 3.65. The van der Waals surface area contributed by atoms with Crippen LogP contribution in [0.2, 0.25) is 0 Å². The van der Waals surface area contributed by atoms with Crippen molar-refractivity contribution in [2.45, 2.75) is 20.4 Å². The first kappa shape index (κ1) is 14.1. The maximum absolute atomic E-state index is 10.8. The van der Waals surface area contributed by atoms with E-state index in [4.69, 9.17) is 4.42 Å². The molecule has 0 fully saturated rings. The number of fused-ring (bicyclic) bond motifs is 1. The first-order chi connectivity index (χ1) is 10.6. The Kier molecular flexibility index (Phi) is 3.50. The fourth-order valence-electron chi connectivity index (χ4n) is 2.40. The molecule has 0 spiro atoms. The number of nitro groups is 1. The fourth-order valence-corrected chi connectivity index (χ4v) is 2.40. The van der Waals surface area contributed by atoms with Gasteiger partial charge in [-0.2, -0.15) is 0 Å². The SMILES string of the molecule is Cc1cc(NCc2oc3ccccc3c2C)ncc1[N+](=O)[O-]. The summed E-state index contributed by atoms with van der Waals surface area (Å²) in [5, 5.41) is 15.0.